The first-order valence-corrected chi connectivity index (χ1v) is 7.13. The van der Waals surface area contributed by atoms with Gasteiger partial charge in [0.25, 0.3) is 0 Å². The fourth-order valence-corrected chi connectivity index (χ4v) is 2.10. The largest absolute Gasteiger partial charge is 0.488 e. The summed E-state index contributed by atoms with van der Waals surface area (Å²) in [5, 5.41) is 4.58. The molecule has 102 valence electrons. The highest BCUT2D eigenvalue weighted by molar-refractivity contribution is 6.35. The SMILES string of the molecule is CCCC(CNC(C)C)Oc1ccc(Cl)cc1Cl. The number of hydrogen-bond acceptors (Lipinski definition) is 2. The van der Waals surface area contributed by atoms with Crippen molar-refractivity contribution in [3.63, 3.8) is 0 Å². The van der Waals surface area contributed by atoms with E-state index in [1.54, 1.807) is 12.1 Å². The molecule has 0 saturated heterocycles. The summed E-state index contributed by atoms with van der Waals surface area (Å²) < 4.78 is 5.94. The molecule has 0 aliphatic heterocycles. The van der Waals surface area contributed by atoms with Crippen molar-refractivity contribution in [2.75, 3.05) is 6.54 Å². The van der Waals surface area contributed by atoms with Gasteiger partial charge in [0.05, 0.1) is 5.02 Å². The zero-order chi connectivity index (χ0) is 13.5. The molecule has 1 atom stereocenters. The highest BCUT2D eigenvalue weighted by Crippen LogP contribution is 2.28. The van der Waals surface area contributed by atoms with Crippen LogP contribution in [0.1, 0.15) is 33.6 Å². The van der Waals surface area contributed by atoms with E-state index in [1.165, 1.54) is 0 Å². The minimum absolute atomic E-state index is 0.135. The number of nitrogens with one attached hydrogen (secondary N) is 1. The molecule has 1 rings (SSSR count). The molecule has 0 bridgehead atoms. The van der Waals surface area contributed by atoms with Crippen LogP contribution in [0.3, 0.4) is 0 Å². The van der Waals surface area contributed by atoms with E-state index in [9.17, 15) is 0 Å². The predicted octanol–water partition coefficient (Wildman–Crippen LogP) is 4.54. The molecular weight excluding hydrogens is 269 g/mol. The molecule has 0 aromatic heterocycles. The molecule has 0 spiro atoms. The summed E-state index contributed by atoms with van der Waals surface area (Å²) in [5.74, 6) is 0.699. The maximum Gasteiger partial charge on any atom is 0.138 e. The smallest absolute Gasteiger partial charge is 0.138 e. The van der Waals surface area contributed by atoms with E-state index in [4.69, 9.17) is 27.9 Å². The molecule has 2 nitrogen and oxygen atoms in total. The molecule has 0 amide bonds. The zero-order valence-electron chi connectivity index (χ0n) is 11.2. The summed E-state index contributed by atoms with van der Waals surface area (Å²) in [7, 11) is 0. The van der Waals surface area contributed by atoms with Crippen LogP contribution in [0, 0.1) is 0 Å². The van der Waals surface area contributed by atoms with Crippen LogP contribution in [-0.2, 0) is 0 Å². The zero-order valence-corrected chi connectivity index (χ0v) is 12.7. The van der Waals surface area contributed by atoms with Crippen molar-refractivity contribution in [2.24, 2.45) is 0 Å². The molecule has 0 fully saturated rings. The molecule has 1 N–H and O–H groups in total. The highest BCUT2D eigenvalue weighted by Gasteiger charge is 2.12. The summed E-state index contributed by atoms with van der Waals surface area (Å²) >= 11 is 12.0. The van der Waals surface area contributed by atoms with Gasteiger partial charge < -0.3 is 10.1 Å². The van der Waals surface area contributed by atoms with E-state index in [1.807, 2.05) is 6.07 Å². The Morgan fingerprint density at radius 3 is 2.56 bits per heavy atom. The first-order valence-electron chi connectivity index (χ1n) is 6.38. The molecule has 1 aromatic carbocycles. The number of benzene rings is 1. The molecule has 0 saturated carbocycles. The lowest BCUT2D eigenvalue weighted by atomic mass is 10.2. The minimum Gasteiger partial charge on any atom is -0.488 e. The van der Waals surface area contributed by atoms with Crippen molar-refractivity contribution in [3.05, 3.63) is 28.2 Å². The fraction of sp³-hybridized carbons (Fsp3) is 0.571. The summed E-state index contributed by atoms with van der Waals surface area (Å²) in [6, 6.07) is 5.77. The number of halogens is 2. The van der Waals surface area contributed by atoms with Crippen LogP contribution in [0.15, 0.2) is 18.2 Å². The highest BCUT2D eigenvalue weighted by atomic mass is 35.5. The second kappa shape index (κ2) is 7.88. The lowest BCUT2D eigenvalue weighted by molar-refractivity contribution is 0.183. The Kier molecular flexibility index (Phi) is 6.83. The van der Waals surface area contributed by atoms with Crippen LogP contribution in [0.25, 0.3) is 0 Å². The van der Waals surface area contributed by atoms with Gasteiger partial charge in [0.1, 0.15) is 11.9 Å². The van der Waals surface area contributed by atoms with Gasteiger partial charge in [-0.1, -0.05) is 50.4 Å². The van der Waals surface area contributed by atoms with Crippen LogP contribution in [0.4, 0.5) is 0 Å². The quantitative estimate of drug-likeness (QED) is 0.796. The predicted molar refractivity (Wildman–Crippen MR) is 78.9 cm³/mol. The van der Waals surface area contributed by atoms with Gasteiger partial charge in [-0.05, 0) is 24.6 Å². The number of ether oxygens (including phenoxy) is 1. The summed E-state index contributed by atoms with van der Waals surface area (Å²) in [6.45, 7) is 7.22. The van der Waals surface area contributed by atoms with Gasteiger partial charge in [-0.25, -0.2) is 0 Å². The van der Waals surface area contributed by atoms with Gasteiger partial charge in [0, 0.05) is 17.6 Å². The van der Waals surface area contributed by atoms with E-state index in [-0.39, 0.29) is 6.10 Å². The molecule has 18 heavy (non-hydrogen) atoms. The number of rotatable bonds is 7. The van der Waals surface area contributed by atoms with Crippen LogP contribution >= 0.6 is 23.2 Å². The lowest BCUT2D eigenvalue weighted by Gasteiger charge is -2.21. The Balaban J connectivity index is 2.64. The van der Waals surface area contributed by atoms with E-state index in [0.29, 0.717) is 21.8 Å². The summed E-state index contributed by atoms with van der Waals surface area (Å²) in [6.07, 6.45) is 2.21. The second-order valence-electron chi connectivity index (χ2n) is 4.67. The maximum absolute atomic E-state index is 6.11. The van der Waals surface area contributed by atoms with Crippen molar-refractivity contribution < 1.29 is 4.74 Å². The van der Waals surface area contributed by atoms with Gasteiger partial charge in [0.2, 0.25) is 0 Å². The van der Waals surface area contributed by atoms with E-state index < -0.39 is 0 Å². The van der Waals surface area contributed by atoms with Crippen LogP contribution in [0.5, 0.6) is 5.75 Å². The molecule has 0 aliphatic rings. The van der Waals surface area contributed by atoms with E-state index >= 15 is 0 Å². The third kappa shape index (κ3) is 5.47. The maximum atomic E-state index is 6.11. The summed E-state index contributed by atoms with van der Waals surface area (Å²) in [4.78, 5) is 0. The van der Waals surface area contributed by atoms with Gasteiger partial charge in [-0.15, -0.1) is 0 Å². The average molecular weight is 290 g/mol. The Hall–Kier alpha value is -0.440. The van der Waals surface area contributed by atoms with Gasteiger partial charge >= 0.3 is 0 Å². The molecule has 1 unspecified atom stereocenters. The molecule has 1 aromatic rings. The molecule has 4 heteroatoms. The first-order chi connectivity index (χ1) is 8.52. The van der Waals surface area contributed by atoms with Crippen molar-refractivity contribution in [1.29, 1.82) is 0 Å². The minimum atomic E-state index is 0.135. The third-order valence-electron chi connectivity index (χ3n) is 2.55. The fourth-order valence-electron chi connectivity index (χ4n) is 1.64. The van der Waals surface area contributed by atoms with Crippen molar-refractivity contribution in [1.82, 2.24) is 5.32 Å². The van der Waals surface area contributed by atoms with Crippen molar-refractivity contribution in [3.8, 4) is 5.75 Å². The second-order valence-corrected chi connectivity index (χ2v) is 5.51. The Morgan fingerprint density at radius 1 is 1.28 bits per heavy atom. The van der Waals surface area contributed by atoms with Crippen LogP contribution < -0.4 is 10.1 Å². The van der Waals surface area contributed by atoms with Crippen molar-refractivity contribution in [2.45, 2.75) is 45.8 Å². The first kappa shape index (κ1) is 15.6. The average Bonchev–Trinajstić information content (AvgIpc) is 2.29. The van der Waals surface area contributed by atoms with Gasteiger partial charge in [-0.2, -0.15) is 0 Å². The molecule has 0 heterocycles. The number of hydrogen-bond donors (Lipinski definition) is 1. The topological polar surface area (TPSA) is 21.3 Å². The normalized spacial score (nSPS) is 12.8. The van der Waals surface area contributed by atoms with Gasteiger partial charge in [0.15, 0.2) is 0 Å². The molecule has 0 aliphatic carbocycles. The summed E-state index contributed by atoms with van der Waals surface area (Å²) in [5.41, 5.74) is 0. The van der Waals surface area contributed by atoms with Crippen LogP contribution in [0.2, 0.25) is 10.0 Å². The monoisotopic (exact) mass is 289 g/mol. The van der Waals surface area contributed by atoms with Crippen LogP contribution in [-0.4, -0.2) is 18.7 Å². The Bertz CT molecular complexity index is 369. The van der Waals surface area contributed by atoms with Gasteiger partial charge in [-0.3, -0.25) is 0 Å². The van der Waals surface area contributed by atoms with Crippen molar-refractivity contribution >= 4 is 23.2 Å². The van der Waals surface area contributed by atoms with E-state index in [0.717, 1.165) is 19.4 Å². The standard InChI is InChI=1S/C14H21Cl2NO/c1-4-5-12(9-17-10(2)3)18-14-7-6-11(15)8-13(14)16/h6-8,10,12,17H,4-5,9H2,1-3H3. The Labute approximate surface area is 120 Å². The Morgan fingerprint density at radius 2 is 2.00 bits per heavy atom. The molecule has 0 radical (unpaired) electrons. The van der Waals surface area contributed by atoms with E-state index in [2.05, 4.69) is 26.1 Å². The molecular formula is C14H21Cl2NO. The lowest BCUT2D eigenvalue weighted by Crippen LogP contribution is -2.35. The third-order valence-corrected chi connectivity index (χ3v) is 3.08.